The summed E-state index contributed by atoms with van der Waals surface area (Å²) < 4.78 is 4.35. The third-order valence-electron chi connectivity index (χ3n) is 1.46. The molecule has 1 rings (SSSR count). The van der Waals surface area contributed by atoms with Crippen molar-refractivity contribution in [2.75, 3.05) is 0 Å². The zero-order valence-corrected chi connectivity index (χ0v) is 6.39. The standard InChI is InChI=1S/C7H6O6/c8-5-2-3(6(9)10)1-4(13-5)7(11)12/h1,4H,2H2,(H,9,10)(H,11,12). The van der Waals surface area contributed by atoms with Crippen LogP contribution in [0.25, 0.3) is 0 Å². The summed E-state index contributed by atoms with van der Waals surface area (Å²) >= 11 is 0. The van der Waals surface area contributed by atoms with Crippen molar-refractivity contribution in [1.29, 1.82) is 0 Å². The van der Waals surface area contributed by atoms with Gasteiger partial charge in [0.2, 0.25) is 6.10 Å². The van der Waals surface area contributed by atoms with Crippen LogP contribution in [0.3, 0.4) is 0 Å². The van der Waals surface area contributed by atoms with E-state index >= 15 is 0 Å². The first-order chi connectivity index (χ1) is 6.00. The summed E-state index contributed by atoms with van der Waals surface area (Å²) in [5, 5.41) is 16.9. The van der Waals surface area contributed by atoms with Crippen LogP contribution in [0.1, 0.15) is 6.42 Å². The van der Waals surface area contributed by atoms with Gasteiger partial charge in [-0.05, 0) is 6.08 Å². The van der Waals surface area contributed by atoms with Crippen LogP contribution in [0.5, 0.6) is 0 Å². The van der Waals surface area contributed by atoms with Crippen molar-refractivity contribution >= 4 is 17.9 Å². The van der Waals surface area contributed by atoms with Crippen molar-refractivity contribution in [3.63, 3.8) is 0 Å². The number of hydrogen-bond donors (Lipinski definition) is 2. The number of carbonyl (C=O) groups excluding carboxylic acids is 1. The number of aliphatic carboxylic acids is 2. The molecule has 70 valence electrons. The molecule has 2 N–H and O–H groups in total. The van der Waals surface area contributed by atoms with E-state index in [9.17, 15) is 14.4 Å². The van der Waals surface area contributed by atoms with Gasteiger partial charge in [0.05, 0.1) is 6.42 Å². The molecule has 0 aliphatic carbocycles. The molecule has 0 bridgehead atoms. The molecule has 1 unspecified atom stereocenters. The topological polar surface area (TPSA) is 101 Å². The second-order valence-corrected chi connectivity index (χ2v) is 2.42. The minimum atomic E-state index is -1.48. The number of hydrogen-bond acceptors (Lipinski definition) is 4. The molecule has 0 aromatic carbocycles. The van der Waals surface area contributed by atoms with Gasteiger partial charge in [0, 0.05) is 5.57 Å². The minimum absolute atomic E-state index is 0.247. The van der Waals surface area contributed by atoms with E-state index in [0.717, 1.165) is 6.08 Å². The smallest absolute Gasteiger partial charge is 0.349 e. The highest BCUT2D eigenvalue weighted by atomic mass is 16.6. The summed E-state index contributed by atoms with van der Waals surface area (Å²) in [4.78, 5) is 31.5. The van der Waals surface area contributed by atoms with Crippen molar-refractivity contribution in [3.05, 3.63) is 11.6 Å². The maximum atomic E-state index is 10.7. The van der Waals surface area contributed by atoms with Gasteiger partial charge in [-0.1, -0.05) is 0 Å². The molecular weight excluding hydrogens is 180 g/mol. The molecule has 1 atom stereocenters. The number of cyclic esters (lactones) is 1. The van der Waals surface area contributed by atoms with Crippen molar-refractivity contribution in [3.8, 4) is 0 Å². The van der Waals surface area contributed by atoms with Gasteiger partial charge in [-0.2, -0.15) is 0 Å². The number of esters is 1. The molecule has 13 heavy (non-hydrogen) atoms. The van der Waals surface area contributed by atoms with E-state index in [4.69, 9.17) is 10.2 Å². The lowest BCUT2D eigenvalue weighted by Gasteiger charge is -2.15. The average Bonchev–Trinajstić information content (AvgIpc) is 2.03. The van der Waals surface area contributed by atoms with Crippen LogP contribution in [-0.2, 0) is 19.1 Å². The monoisotopic (exact) mass is 186 g/mol. The van der Waals surface area contributed by atoms with Crippen LogP contribution in [0.2, 0.25) is 0 Å². The Bertz CT molecular complexity index is 302. The molecule has 6 nitrogen and oxygen atoms in total. The van der Waals surface area contributed by atoms with Crippen molar-refractivity contribution in [2.45, 2.75) is 12.5 Å². The number of carboxylic acid groups (broad SMARTS) is 2. The van der Waals surface area contributed by atoms with Gasteiger partial charge in [-0.3, -0.25) is 4.79 Å². The summed E-state index contributed by atoms with van der Waals surface area (Å²) in [7, 11) is 0. The Hall–Kier alpha value is -1.85. The van der Waals surface area contributed by atoms with Crippen LogP contribution in [0, 0.1) is 0 Å². The fraction of sp³-hybridized carbons (Fsp3) is 0.286. The van der Waals surface area contributed by atoms with Crippen LogP contribution in [0.15, 0.2) is 11.6 Å². The fourth-order valence-electron chi connectivity index (χ4n) is 0.883. The lowest BCUT2D eigenvalue weighted by molar-refractivity contribution is -0.161. The summed E-state index contributed by atoms with van der Waals surface area (Å²) in [5.41, 5.74) is -0.247. The molecule has 1 aliphatic heterocycles. The SMILES string of the molecule is O=C1CC(C(=O)O)=CC(C(=O)O)O1. The van der Waals surface area contributed by atoms with Gasteiger partial charge in [0.25, 0.3) is 0 Å². The first-order valence-electron chi connectivity index (χ1n) is 3.37. The highest BCUT2D eigenvalue weighted by Gasteiger charge is 2.28. The maximum absolute atomic E-state index is 10.7. The normalized spacial score (nSPS) is 21.7. The van der Waals surface area contributed by atoms with E-state index in [1.54, 1.807) is 0 Å². The second kappa shape index (κ2) is 3.26. The summed E-state index contributed by atoms with van der Waals surface area (Å²) in [6.07, 6.45) is -0.960. The molecule has 0 amide bonds. The van der Waals surface area contributed by atoms with E-state index in [2.05, 4.69) is 4.74 Å². The van der Waals surface area contributed by atoms with E-state index in [1.165, 1.54) is 0 Å². The minimum Gasteiger partial charge on any atom is -0.478 e. The highest BCUT2D eigenvalue weighted by Crippen LogP contribution is 2.14. The average molecular weight is 186 g/mol. The van der Waals surface area contributed by atoms with Crippen LogP contribution in [0.4, 0.5) is 0 Å². The lowest BCUT2D eigenvalue weighted by Crippen LogP contribution is -2.30. The maximum Gasteiger partial charge on any atom is 0.349 e. The predicted octanol–water partition coefficient (Wildman–Crippen LogP) is -0.603. The first kappa shape index (κ1) is 9.24. The summed E-state index contributed by atoms with van der Waals surface area (Å²) in [6, 6.07) is 0. The Balaban J connectivity index is 2.91. The van der Waals surface area contributed by atoms with E-state index < -0.39 is 24.0 Å². The molecule has 0 radical (unpaired) electrons. The third kappa shape index (κ3) is 2.05. The largest absolute Gasteiger partial charge is 0.478 e. The number of ether oxygens (including phenoxy) is 1. The predicted molar refractivity (Wildman–Crippen MR) is 37.9 cm³/mol. The quantitative estimate of drug-likeness (QED) is 0.558. The van der Waals surface area contributed by atoms with Crippen molar-refractivity contribution in [2.24, 2.45) is 0 Å². The van der Waals surface area contributed by atoms with Crippen LogP contribution < -0.4 is 0 Å². The van der Waals surface area contributed by atoms with Gasteiger partial charge in [-0.15, -0.1) is 0 Å². The van der Waals surface area contributed by atoms with E-state index in [0.29, 0.717) is 0 Å². The Kier molecular flexibility index (Phi) is 2.32. The van der Waals surface area contributed by atoms with E-state index in [1.807, 2.05) is 0 Å². The number of rotatable bonds is 2. The fourth-order valence-corrected chi connectivity index (χ4v) is 0.883. The first-order valence-corrected chi connectivity index (χ1v) is 3.37. The van der Waals surface area contributed by atoms with Crippen LogP contribution in [-0.4, -0.2) is 34.2 Å². The number of carbonyl (C=O) groups is 3. The number of carboxylic acids is 2. The molecular formula is C7H6O6. The molecule has 0 aromatic heterocycles. The lowest BCUT2D eigenvalue weighted by atomic mass is 10.1. The third-order valence-corrected chi connectivity index (χ3v) is 1.46. The van der Waals surface area contributed by atoms with E-state index in [-0.39, 0.29) is 12.0 Å². The van der Waals surface area contributed by atoms with Gasteiger partial charge in [0.15, 0.2) is 0 Å². The van der Waals surface area contributed by atoms with Gasteiger partial charge < -0.3 is 14.9 Å². The summed E-state index contributed by atoms with van der Waals surface area (Å²) in [5.74, 6) is -3.53. The second-order valence-electron chi connectivity index (χ2n) is 2.42. The zero-order valence-electron chi connectivity index (χ0n) is 6.39. The Morgan fingerprint density at radius 2 is 2.08 bits per heavy atom. The molecule has 0 fully saturated rings. The zero-order chi connectivity index (χ0) is 10.0. The van der Waals surface area contributed by atoms with Crippen molar-refractivity contribution < 1.29 is 29.3 Å². The molecule has 0 aromatic rings. The van der Waals surface area contributed by atoms with Crippen molar-refractivity contribution in [1.82, 2.24) is 0 Å². The summed E-state index contributed by atoms with van der Waals surface area (Å²) in [6.45, 7) is 0. The molecule has 0 saturated carbocycles. The highest BCUT2D eigenvalue weighted by molar-refractivity contribution is 5.96. The Morgan fingerprint density at radius 1 is 1.46 bits per heavy atom. The van der Waals surface area contributed by atoms with Gasteiger partial charge in [0.1, 0.15) is 0 Å². The molecule has 6 heteroatoms. The Labute approximate surface area is 72.4 Å². The van der Waals surface area contributed by atoms with Gasteiger partial charge >= 0.3 is 17.9 Å². The molecule has 0 spiro atoms. The van der Waals surface area contributed by atoms with Gasteiger partial charge in [-0.25, -0.2) is 9.59 Å². The molecule has 1 aliphatic rings. The van der Waals surface area contributed by atoms with Crippen LogP contribution >= 0.6 is 0 Å². The molecule has 1 heterocycles. The molecule has 0 saturated heterocycles. The Morgan fingerprint density at radius 3 is 2.54 bits per heavy atom.